The molecule has 4 rings (SSSR count). The molecule has 0 aliphatic heterocycles. The summed E-state index contributed by atoms with van der Waals surface area (Å²) in [4.78, 5) is 70.7. The van der Waals surface area contributed by atoms with Crippen molar-refractivity contribution in [2.75, 3.05) is 23.8 Å². The Kier molecular flexibility index (Phi) is 12.0. The molecule has 0 aliphatic carbocycles. The topological polar surface area (TPSA) is 197 Å². The lowest BCUT2D eigenvalue weighted by atomic mass is 10.1. The molecule has 0 bridgehead atoms. The molecule has 2 amide bonds. The molecule has 0 atom stereocenters. The van der Waals surface area contributed by atoms with Crippen LogP contribution in [-0.2, 0) is 9.47 Å². The summed E-state index contributed by atoms with van der Waals surface area (Å²) in [6, 6.07) is 22.8. The Hall–Kier alpha value is -6.44. The standard InChI is InChI=1S/C34H30N4O10/c39-31(35-27-11-15-29(16-12-27)37(43)44)23-7-5-9-25(21-23)33(41)47-19-3-1-2-4-20-48-34(42)26-10-6-8-24(22-26)32(40)36-28-13-17-30(18-14-28)38(45)46/h5-18,21-22H,1-4,19-20H2,(H,35,39)(H,36,40). The maximum atomic E-state index is 12.6. The van der Waals surface area contributed by atoms with Crippen LogP contribution in [0.25, 0.3) is 0 Å². The highest BCUT2D eigenvalue weighted by molar-refractivity contribution is 6.06. The third-order valence-electron chi connectivity index (χ3n) is 6.90. The normalized spacial score (nSPS) is 10.4. The monoisotopic (exact) mass is 654 g/mol. The summed E-state index contributed by atoms with van der Waals surface area (Å²) in [5, 5.41) is 26.8. The number of anilines is 2. The second-order valence-electron chi connectivity index (χ2n) is 10.4. The number of hydrogen-bond acceptors (Lipinski definition) is 10. The number of amides is 2. The van der Waals surface area contributed by atoms with Crippen LogP contribution in [0.15, 0.2) is 97.1 Å². The van der Waals surface area contributed by atoms with E-state index in [4.69, 9.17) is 9.47 Å². The van der Waals surface area contributed by atoms with Crippen molar-refractivity contribution in [1.29, 1.82) is 0 Å². The molecule has 0 radical (unpaired) electrons. The van der Waals surface area contributed by atoms with Crippen LogP contribution in [0.4, 0.5) is 22.7 Å². The van der Waals surface area contributed by atoms with Crippen LogP contribution in [-0.4, -0.2) is 46.8 Å². The van der Waals surface area contributed by atoms with E-state index in [1.54, 1.807) is 12.1 Å². The van der Waals surface area contributed by atoms with Crippen molar-refractivity contribution in [3.8, 4) is 0 Å². The highest BCUT2D eigenvalue weighted by atomic mass is 16.6. The number of ether oxygens (including phenoxy) is 2. The maximum absolute atomic E-state index is 12.6. The minimum atomic E-state index is -0.586. The fourth-order valence-corrected chi connectivity index (χ4v) is 4.37. The zero-order valence-electron chi connectivity index (χ0n) is 25.5. The van der Waals surface area contributed by atoms with Gasteiger partial charge in [0, 0.05) is 46.8 Å². The predicted molar refractivity (Wildman–Crippen MR) is 174 cm³/mol. The number of nitrogens with one attached hydrogen (secondary N) is 2. The van der Waals surface area contributed by atoms with Crippen LogP contribution in [0.1, 0.15) is 67.1 Å². The largest absolute Gasteiger partial charge is 0.462 e. The summed E-state index contributed by atoms with van der Waals surface area (Å²) in [6.07, 6.45) is 2.57. The van der Waals surface area contributed by atoms with E-state index in [2.05, 4.69) is 10.6 Å². The van der Waals surface area contributed by atoms with E-state index in [-0.39, 0.29) is 46.8 Å². The molecule has 246 valence electrons. The Bertz CT molecular complexity index is 1670. The summed E-state index contributed by atoms with van der Waals surface area (Å²) < 4.78 is 10.6. The number of unbranched alkanes of at least 4 members (excludes halogenated alkanes) is 3. The molecule has 0 fully saturated rings. The molecule has 48 heavy (non-hydrogen) atoms. The van der Waals surface area contributed by atoms with Gasteiger partial charge in [-0.2, -0.15) is 0 Å². The summed E-state index contributed by atoms with van der Waals surface area (Å²) in [5.41, 5.74) is 1.36. The van der Waals surface area contributed by atoms with E-state index < -0.39 is 33.6 Å². The van der Waals surface area contributed by atoms with Gasteiger partial charge in [0.1, 0.15) is 0 Å². The van der Waals surface area contributed by atoms with Gasteiger partial charge in [-0.15, -0.1) is 0 Å². The highest BCUT2D eigenvalue weighted by Crippen LogP contribution is 2.18. The van der Waals surface area contributed by atoms with Gasteiger partial charge in [-0.3, -0.25) is 29.8 Å². The molecule has 0 aromatic heterocycles. The zero-order valence-corrected chi connectivity index (χ0v) is 25.5. The first-order valence-electron chi connectivity index (χ1n) is 14.8. The van der Waals surface area contributed by atoms with Crippen molar-refractivity contribution in [1.82, 2.24) is 0 Å². The molecule has 0 saturated carbocycles. The molecule has 4 aromatic rings. The highest BCUT2D eigenvalue weighted by Gasteiger charge is 2.15. The van der Waals surface area contributed by atoms with E-state index in [9.17, 15) is 39.4 Å². The van der Waals surface area contributed by atoms with Gasteiger partial charge in [0.15, 0.2) is 0 Å². The molecule has 14 heteroatoms. The molecule has 4 aromatic carbocycles. The van der Waals surface area contributed by atoms with Crippen LogP contribution in [0.2, 0.25) is 0 Å². The Morgan fingerprint density at radius 3 is 1.23 bits per heavy atom. The number of rotatable bonds is 15. The number of carbonyl (C=O) groups is 4. The maximum Gasteiger partial charge on any atom is 0.338 e. The van der Waals surface area contributed by atoms with E-state index in [1.807, 2.05) is 0 Å². The third-order valence-corrected chi connectivity index (χ3v) is 6.90. The summed E-state index contributed by atoms with van der Waals surface area (Å²) in [7, 11) is 0. The second kappa shape index (κ2) is 16.7. The zero-order chi connectivity index (χ0) is 34.5. The average Bonchev–Trinajstić information content (AvgIpc) is 3.09. The van der Waals surface area contributed by atoms with Gasteiger partial charge in [-0.1, -0.05) is 12.1 Å². The molecule has 0 spiro atoms. The van der Waals surface area contributed by atoms with Crippen LogP contribution < -0.4 is 10.6 Å². The van der Waals surface area contributed by atoms with E-state index in [0.717, 1.165) is 0 Å². The Morgan fingerprint density at radius 2 is 0.875 bits per heavy atom. The first-order valence-corrected chi connectivity index (χ1v) is 14.8. The SMILES string of the molecule is O=C(Nc1ccc([N+](=O)[O-])cc1)c1cccc(C(=O)OCCCCCCOC(=O)c2cccc(C(=O)Nc3ccc([N+](=O)[O-])cc3)c2)c1. The lowest BCUT2D eigenvalue weighted by Gasteiger charge is -2.09. The molecule has 0 unspecified atom stereocenters. The molecule has 14 nitrogen and oxygen atoms in total. The number of nitro groups is 2. The lowest BCUT2D eigenvalue weighted by Crippen LogP contribution is -2.14. The Morgan fingerprint density at radius 1 is 0.521 bits per heavy atom. The smallest absolute Gasteiger partial charge is 0.338 e. The molecule has 2 N–H and O–H groups in total. The summed E-state index contributed by atoms with van der Waals surface area (Å²) >= 11 is 0. The van der Waals surface area contributed by atoms with Crippen molar-refractivity contribution >= 4 is 46.5 Å². The van der Waals surface area contributed by atoms with Gasteiger partial charge in [0.05, 0.1) is 34.2 Å². The number of hydrogen-bond donors (Lipinski definition) is 2. The first-order chi connectivity index (χ1) is 23.1. The fourth-order valence-electron chi connectivity index (χ4n) is 4.37. The number of benzene rings is 4. The number of carbonyl (C=O) groups excluding carboxylic acids is 4. The fraction of sp³-hybridized carbons (Fsp3) is 0.176. The molecular weight excluding hydrogens is 624 g/mol. The minimum Gasteiger partial charge on any atom is -0.462 e. The van der Waals surface area contributed by atoms with E-state index in [1.165, 1.54) is 84.9 Å². The van der Waals surface area contributed by atoms with Gasteiger partial charge < -0.3 is 20.1 Å². The van der Waals surface area contributed by atoms with Crippen molar-refractivity contribution < 1.29 is 38.5 Å². The number of nitro benzene ring substituents is 2. The van der Waals surface area contributed by atoms with Crippen LogP contribution in [0.5, 0.6) is 0 Å². The number of esters is 2. The van der Waals surface area contributed by atoms with E-state index >= 15 is 0 Å². The van der Waals surface area contributed by atoms with Crippen molar-refractivity contribution in [2.45, 2.75) is 25.7 Å². The van der Waals surface area contributed by atoms with Gasteiger partial charge in [-0.25, -0.2) is 9.59 Å². The van der Waals surface area contributed by atoms with E-state index in [0.29, 0.717) is 37.1 Å². The number of nitrogens with zero attached hydrogens (tertiary/aromatic N) is 2. The van der Waals surface area contributed by atoms with Crippen LogP contribution in [0.3, 0.4) is 0 Å². The lowest BCUT2D eigenvalue weighted by molar-refractivity contribution is -0.385. The van der Waals surface area contributed by atoms with Crippen molar-refractivity contribution in [2.24, 2.45) is 0 Å². The van der Waals surface area contributed by atoms with Gasteiger partial charge in [0.25, 0.3) is 23.2 Å². The molecule has 0 saturated heterocycles. The molecule has 0 aliphatic rings. The predicted octanol–water partition coefficient (Wildman–Crippen LogP) is 6.58. The van der Waals surface area contributed by atoms with Crippen molar-refractivity contribution in [3.05, 3.63) is 140 Å². The van der Waals surface area contributed by atoms with Crippen molar-refractivity contribution in [3.63, 3.8) is 0 Å². The van der Waals surface area contributed by atoms with Crippen LogP contribution >= 0.6 is 0 Å². The Labute approximate surface area is 274 Å². The summed E-state index contributed by atoms with van der Waals surface area (Å²) in [5.74, 6) is -2.15. The first kappa shape index (κ1) is 34.4. The quantitative estimate of drug-likeness (QED) is 0.0611. The van der Waals surface area contributed by atoms with Gasteiger partial charge in [0.2, 0.25) is 0 Å². The van der Waals surface area contributed by atoms with Gasteiger partial charge in [-0.05, 0) is 86.3 Å². The number of non-ortho nitro benzene ring substituents is 2. The molecule has 0 heterocycles. The van der Waals surface area contributed by atoms with Crippen LogP contribution in [0, 0.1) is 20.2 Å². The average molecular weight is 655 g/mol. The minimum absolute atomic E-state index is 0.104. The second-order valence-corrected chi connectivity index (χ2v) is 10.4. The Balaban J connectivity index is 1.12. The summed E-state index contributed by atoms with van der Waals surface area (Å²) in [6.45, 7) is 0.319. The third kappa shape index (κ3) is 10.0. The van der Waals surface area contributed by atoms with Gasteiger partial charge >= 0.3 is 11.9 Å². The molecular formula is C34H30N4O10.